The van der Waals surface area contributed by atoms with Gasteiger partial charge in [-0.1, -0.05) is 54.5 Å². The summed E-state index contributed by atoms with van der Waals surface area (Å²) in [6.45, 7) is 11.8. The lowest BCUT2D eigenvalue weighted by molar-refractivity contribution is -0.660. The van der Waals surface area contributed by atoms with E-state index in [4.69, 9.17) is 17.8 Å². The molecule has 0 saturated carbocycles. The van der Waals surface area contributed by atoms with Crippen LogP contribution in [0.1, 0.15) is 18.0 Å². The van der Waals surface area contributed by atoms with Crippen molar-refractivity contribution in [2.45, 2.75) is 13.8 Å². The van der Waals surface area contributed by atoms with Gasteiger partial charge in [-0.3, -0.25) is 0 Å². The van der Waals surface area contributed by atoms with Crippen LogP contribution in [0.25, 0.3) is 49.2 Å². The third-order valence-electron chi connectivity index (χ3n) is 5.49. The molecule has 0 aliphatic rings. The van der Waals surface area contributed by atoms with Crippen molar-refractivity contribution in [2.24, 2.45) is 7.05 Å². The van der Waals surface area contributed by atoms with E-state index in [1.807, 2.05) is 55.9 Å². The highest BCUT2D eigenvalue weighted by Gasteiger charge is 2.24. The lowest BCUT2D eigenvalue weighted by Gasteiger charge is -2.07. The smallest absolute Gasteiger partial charge is 0.219 e. The number of fused-ring (bicyclic) bond motifs is 3. The zero-order valence-corrected chi connectivity index (χ0v) is 16.8. The molecule has 3 nitrogen and oxygen atoms in total. The Balaban J connectivity index is 1.99. The van der Waals surface area contributed by atoms with Crippen LogP contribution in [0.2, 0.25) is 0 Å². The molecule has 3 heteroatoms. The molecule has 30 heavy (non-hydrogen) atoms. The zero-order chi connectivity index (χ0) is 25.2. The summed E-state index contributed by atoms with van der Waals surface area (Å²) in [5.74, 6) is 0. The molecule has 0 N–H and O–H groups in total. The highest BCUT2D eigenvalue weighted by Crippen LogP contribution is 2.44. The molecule has 0 aliphatic carbocycles. The third kappa shape index (κ3) is 2.62. The van der Waals surface area contributed by atoms with Crippen LogP contribution in [0, 0.1) is 20.4 Å². The summed E-state index contributed by atoms with van der Waals surface area (Å²) >= 11 is 0. The molecular formula is C27H21N2O+. The number of furan rings is 1. The molecule has 2 heterocycles. The predicted molar refractivity (Wildman–Crippen MR) is 122 cm³/mol. The van der Waals surface area contributed by atoms with Gasteiger partial charge in [0.05, 0.1) is 19.0 Å². The van der Waals surface area contributed by atoms with Crippen molar-refractivity contribution in [3.05, 3.63) is 95.4 Å². The van der Waals surface area contributed by atoms with E-state index in [0.717, 1.165) is 27.8 Å². The highest BCUT2D eigenvalue weighted by molar-refractivity contribution is 6.15. The maximum Gasteiger partial charge on any atom is 0.219 e. The van der Waals surface area contributed by atoms with E-state index >= 15 is 0 Å². The van der Waals surface area contributed by atoms with Gasteiger partial charge in [0.2, 0.25) is 5.69 Å². The van der Waals surface area contributed by atoms with Gasteiger partial charge in [0.15, 0.2) is 11.9 Å². The van der Waals surface area contributed by atoms with Crippen LogP contribution >= 0.6 is 0 Å². The van der Waals surface area contributed by atoms with E-state index in [1.165, 1.54) is 0 Å². The Bertz CT molecular complexity index is 1700. The van der Waals surface area contributed by atoms with Gasteiger partial charge in [0, 0.05) is 28.0 Å². The largest absolute Gasteiger partial charge is 0.456 e. The van der Waals surface area contributed by atoms with Crippen LogP contribution in [-0.4, -0.2) is 0 Å². The van der Waals surface area contributed by atoms with Crippen molar-refractivity contribution in [1.29, 1.82) is 0 Å². The average molecular weight is 395 g/mol. The Labute approximate surface area is 182 Å². The van der Waals surface area contributed by atoms with Crippen LogP contribution in [0.5, 0.6) is 0 Å². The Kier molecular flexibility index (Phi) is 3.05. The summed E-state index contributed by atoms with van der Waals surface area (Å²) in [6.07, 6.45) is 1.97. The van der Waals surface area contributed by atoms with Crippen molar-refractivity contribution in [3.8, 4) is 22.4 Å². The molecule has 0 unspecified atom stereocenters. The van der Waals surface area contributed by atoms with E-state index < -0.39 is 18.1 Å². The number of rotatable bonds is 2. The predicted octanol–water partition coefficient (Wildman–Crippen LogP) is 6.91. The van der Waals surface area contributed by atoms with Gasteiger partial charge >= 0.3 is 0 Å². The number of hydrogen-bond acceptors (Lipinski definition) is 1. The maximum atomic E-state index is 8.50. The molecule has 0 spiro atoms. The van der Waals surface area contributed by atoms with Gasteiger partial charge in [0.25, 0.3) is 0 Å². The average Bonchev–Trinajstić information content (AvgIpc) is 3.21. The maximum absolute atomic E-state index is 8.50. The third-order valence-corrected chi connectivity index (χ3v) is 5.49. The molecule has 0 fully saturated rings. The number of aryl methyl sites for hydroxylation is 3. The summed E-state index contributed by atoms with van der Waals surface area (Å²) in [5, 5.41) is 1.54. The number of benzene rings is 3. The van der Waals surface area contributed by atoms with Crippen LogP contribution in [-0.2, 0) is 7.05 Å². The molecule has 0 radical (unpaired) electrons. The van der Waals surface area contributed by atoms with E-state index in [2.05, 4.69) is 4.85 Å². The van der Waals surface area contributed by atoms with Gasteiger partial charge in [-0.2, -0.15) is 0 Å². The Morgan fingerprint density at radius 2 is 1.60 bits per heavy atom. The summed E-state index contributed by atoms with van der Waals surface area (Å²) in [7, 11) is 1.97. The summed E-state index contributed by atoms with van der Waals surface area (Å²) < 4.78 is 49.7. The first-order valence-corrected chi connectivity index (χ1v) is 9.56. The number of pyridine rings is 1. The van der Waals surface area contributed by atoms with Gasteiger partial charge in [-0.05, 0) is 31.0 Å². The Hall–Kier alpha value is -3.90. The van der Waals surface area contributed by atoms with Crippen LogP contribution in [0.4, 0.5) is 5.69 Å². The molecule has 0 atom stereocenters. The standard InChI is InChI=1S/C27H21N2O/c1-17-12-13-20-21-14-15-22(28-3)24(19-10-6-5-7-11-19)27(21)30-26(20)23(17)25-18(2)9-8-16-29(25)4/h5-16H,1-2,4H3/q+1/i5D,6D,7D,10D,11D. The molecule has 0 bridgehead atoms. The topological polar surface area (TPSA) is 21.4 Å². The van der Waals surface area contributed by atoms with Crippen LogP contribution < -0.4 is 4.57 Å². The van der Waals surface area contributed by atoms with Gasteiger partial charge < -0.3 is 4.42 Å². The fourth-order valence-corrected chi connectivity index (χ4v) is 4.12. The molecule has 5 aromatic rings. The molecule has 3 aromatic carbocycles. The van der Waals surface area contributed by atoms with Crippen LogP contribution in [0.15, 0.2) is 77.2 Å². The summed E-state index contributed by atoms with van der Waals surface area (Å²) in [6, 6.07) is 9.30. The first-order chi connectivity index (χ1) is 16.7. The first kappa shape index (κ1) is 13.3. The molecule has 0 amide bonds. The lowest BCUT2D eigenvalue weighted by atomic mass is 9.97. The minimum absolute atomic E-state index is 0.0358. The van der Waals surface area contributed by atoms with E-state index in [0.29, 0.717) is 16.6 Å². The second kappa shape index (κ2) is 6.86. The zero-order valence-electron chi connectivity index (χ0n) is 21.8. The second-order valence-electron chi connectivity index (χ2n) is 7.34. The Morgan fingerprint density at radius 1 is 0.900 bits per heavy atom. The first-order valence-electron chi connectivity index (χ1n) is 12.1. The molecular weight excluding hydrogens is 368 g/mol. The van der Waals surface area contributed by atoms with Crippen molar-refractivity contribution >= 4 is 27.6 Å². The summed E-state index contributed by atoms with van der Waals surface area (Å²) in [4.78, 5) is 3.61. The fourth-order valence-electron chi connectivity index (χ4n) is 4.12. The fraction of sp³-hybridized carbons (Fsp3) is 0.111. The minimum Gasteiger partial charge on any atom is -0.456 e. The Morgan fingerprint density at radius 3 is 2.30 bits per heavy atom. The van der Waals surface area contributed by atoms with Crippen molar-refractivity contribution in [1.82, 2.24) is 0 Å². The monoisotopic (exact) mass is 394 g/mol. The van der Waals surface area contributed by atoms with Gasteiger partial charge in [-0.15, -0.1) is 0 Å². The van der Waals surface area contributed by atoms with Gasteiger partial charge in [-0.25, -0.2) is 9.41 Å². The van der Waals surface area contributed by atoms with E-state index in [9.17, 15) is 0 Å². The van der Waals surface area contributed by atoms with E-state index in [1.54, 1.807) is 12.1 Å². The quantitative estimate of drug-likeness (QED) is 0.235. The minimum atomic E-state index is -0.477. The van der Waals surface area contributed by atoms with Crippen molar-refractivity contribution < 1.29 is 15.8 Å². The normalized spacial score (nSPS) is 13.5. The summed E-state index contributed by atoms with van der Waals surface area (Å²) in [5.41, 5.74) is 5.27. The van der Waals surface area contributed by atoms with Crippen LogP contribution in [0.3, 0.4) is 0 Å². The lowest BCUT2D eigenvalue weighted by Crippen LogP contribution is -2.31. The highest BCUT2D eigenvalue weighted by atomic mass is 16.3. The van der Waals surface area contributed by atoms with Gasteiger partial charge in [0.1, 0.15) is 18.2 Å². The number of nitrogens with zero attached hydrogens (tertiary/aromatic N) is 2. The second-order valence-corrected chi connectivity index (χ2v) is 7.34. The molecule has 2 aromatic heterocycles. The van der Waals surface area contributed by atoms with Crippen molar-refractivity contribution in [3.63, 3.8) is 0 Å². The number of hydrogen-bond donors (Lipinski definition) is 0. The SMILES string of the molecule is [2H]c1c([2H])c([2H])c(-c2c([N+]#[C-])ccc3c2oc2c(-c4c(C)ccc[n+]4C)c(C)ccc23)c([2H])c1[2H]. The molecule has 0 aliphatic heterocycles. The van der Waals surface area contributed by atoms with Crippen molar-refractivity contribution in [2.75, 3.05) is 0 Å². The molecule has 144 valence electrons. The van der Waals surface area contributed by atoms with E-state index in [-0.39, 0.29) is 28.9 Å². The molecule has 0 saturated heterocycles. The molecule has 5 rings (SSSR count). The number of aromatic nitrogens is 1.